The Hall–Kier alpha value is -1.60. The molecule has 7 heteroatoms. The maximum Gasteiger partial charge on any atom is 0.375 e. The molecular formula is C14H18BrN3O3. The van der Waals surface area contributed by atoms with Gasteiger partial charge in [0.2, 0.25) is 5.84 Å². The second kappa shape index (κ2) is 7.99. The number of hydrogen-bond acceptors (Lipinski definition) is 5. The lowest BCUT2D eigenvalue weighted by atomic mass is 10.3. The van der Waals surface area contributed by atoms with Crippen molar-refractivity contribution in [3.8, 4) is 0 Å². The van der Waals surface area contributed by atoms with Crippen LogP contribution in [-0.4, -0.2) is 49.6 Å². The summed E-state index contributed by atoms with van der Waals surface area (Å²) in [4.78, 5) is 13.9. The first-order chi connectivity index (χ1) is 10.2. The van der Waals surface area contributed by atoms with Crippen molar-refractivity contribution in [2.45, 2.75) is 6.92 Å². The molecule has 0 aliphatic carbocycles. The lowest BCUT2D eigenvalue weighted by molar-refractivity contribution is -0.136. The summed E-state index contributed by atoms with van der Waals surface area (Å²) in [6.07, 6.45) is 0. The van der Waals surface area contributed by atoms with Gasteiger partial charge in [0.15, 0.2) is 0 Å². The number of hydrazone groups is 1. The van der Waals surface area contributed by atoms with Crippen LogP contribution in [0.5, 0.6) is 0 Å². The minimum Gasteiger partial charge on any atom is -0.460 e. The summed E-state index contributed by atoms with van der Waals surface area (Å²) in [6, 6.07) is 7.54. The highest BCUT2D eigenvalue weighted by Crippen LogP contribution is 2.14. The van der Waals surface area contributed by atoms with Crippen LogP contribution in [-0.2, 0) is 14.3 Å². The zero-order chi connectivity index (χ0) is 15.1. The molecule has 1 saturated heterocycles. The molecule has 21 heavy (non-hydrogen) atoms. The smallest absolute Gasteiger partial charge is 0.375 e. The van der Waals surface area contributed by atoms with Gasteiger partial charge in [0.25, 0.3) is 0 Å². The Bertz CT molecular complexity index is 499. The zero-order valence-electron chi connectivity index (χ0n) is 11.8. The fourth-order valence-corrected chi connectivity index (χ4v) is 2.12. The van der Waals surface area contributed by atoms with Crippen molar-refractivity contribution < 1.29 is 14.3 Å². The first kappa shape index (κ1) is 15.8. The highest BCUT2D eigenvalue weighted by Gasteiger charge is 2.23. The van der Waals surface area contributed by atoms with Crippen LogP contribution >= 0.6 is 15.9 Å². The molecule has 0 radical (unpaired) electrons. The van der Waals surface area contributed by atoms with E-state index in [0.717, 1.165) is 10.2 Å². The molecule has 0 atom stereocenters. The molecule has 114 valence electrons. The number of nitrogens with zero attached hydrogens (tertiary/aromatic N) is 2. The maximum absolute atomic E-state index is 12.0. The molecule has 0 spiro atoms. The Morgan fingerprint density at radius 3 is 2.67 bits per heavy atom. The van der Waals surface area contributed by atoms with E-state index in [9.17, 15) is 4.79 Å². The Morgan fingerprint density at radius 1 is 1.38 bits per heavy atom. The summed E-state index contributed by atoms with van der Waals surface area (Å²) >= 11 is 3.37. The second-order valence-corrected chi connectivity index (χ2v) is 5.29. The molecule has 0 aromatic heterocycles. The first-order valence-corrected chi connectivity index (χ1v) is 7.59. The average molecular weight is 356 g/mol. The average Bonchev–Trinajstić information content (AvgIpc) is 2.51. The van der Waals surface area contributed by atoms with E-state index in [4.69, 9.17) is 9.47 Å². The van der Waals surface area contributed by atoms with Gasteiger partial charge in [-0.3, -0.25) is 5.43 Å². The van der Waals surface area contributed by atoms with Gasteiger partial charge in [-0.1, -0.05) is 15.9 Å². The number of rotatable bonds is 3. The standard InChI is InChI=1S/C14H18BrN3O3/c1-2-21-14(19)13(18-7-9-20-10-8-18)17-16-12-5-3-11(15)4-6-12/h3-6,16H,2,7-10H2,1H3. The summed E-state index contributed by atoms with van der Waals surface area (Å²) in [6.45, 7) is 4.50. The molecule has 1 aromatic rings. The van der Waals surface area contributed by atoms with Crippen LogP contribution in [0.3, 0.4) is 0 Å². The van der Waals surface area contributed by atoms with Crippen molar-refractivity contribution in [2.75, 3.05) is 38.3 Å². The first-order valence-electron chi connectivity index (χ1n) is 6.80. The molecule has 0 saturated carbocycles. The predicted molar refractivity (Wildman–Crippen MR) is 84.2 cm³/mol. The Labute approximate surface area is 132 Å². The number of carbonyl (C=O) groups is 1. The van der Waals surface area contributed by atoms with Crippen molar-refractivity contribution in [1.82, 2.24) is 4.90 Å². The molecule has 0 amide bonds. The van der Waals surface area contributed by atoms with E-state index in [-0.39, 0.29) is 5.84 Å². The molecule has 0 bridgehead atoms. The third kappa shape index (κ3) is 4.71. The van der Waals surface area contributed by atoms with E-state index >= 15 is 0 Å². The van der Waals surface area contributed by atoms with Crippen LogP contribution in [0.1, 0.15) is 6.92 Å². The van der Waals surface area contributed by atoms with Crippen molar-refractivity contribution in [2.24, 2.45) is 5.10 Å². The highest BCUT2D eigenvalue weighted by molar-refractivity contribution is 9.10. The number of benzene rings is 1. The molecule has 1 aliphatic rings. The normalized spacial score (nSPS) is 15.7. The molecule has 1 aliphatic heterocycles. The van der Waals surface area contributed by atoms with E-state index in [1.54, 1.807) is 6.92 Å². The quantitative estimate of drug-likeness (QED) is 0.389. The van der Waals surface area contributed by atoms with E-state index in [0.29, 0.717) is 32.9 Å². The van der Waals surface area contributed by atoms with E-state index in [1.807, 2.05) is 29.2 Å². The number of nitrogens with one attached hydrogen (secondary N) is 1. The number of anilines is 1. The van der Waals surface area contributed by atoms with Crippen LogP contribution in [0.15, 0.2) is 33.8 Å². The monoisotopic (exact) mass is 355 g/mol. The van der Waals surface area contributed by atoms with E-state index in [2.05, 4.69) is 26.5 Å². The number of esters is 1. The molecule has 1 fully saturated rings. The fraction of sp³-hybridized carbons (Fsp3) is 0.429. The summed E-state index contributed by atoms with van der Waals surface area (Å²) in [5, 5.41) is 4.21. The van der Waals surface area contributed by atoms with Crippen LogP contribution in [0.4, 0.5) is 5.69 Å². The highest BCUT2D eigenvalue weighted by atomic mass is 79.9. The second-order valence-electron chi connectivity index (χ2n) is 4.37. The number of morpholine rings is 1. The Morgan fingerprint density at radius 2 is 2.05 bits per heavy atom. The van der Waals surface area contributed by atoms with Crippen LogP contribution in [0.2, 0.25) is 0 Å². The van der Waals surface area contributed by atoms with Gasteiger partial charge in [0, 0.05) is 17.6 Å². The molecule has 6 nitrogen and oxygen atoms in total. The molecule has 1 N–H and O–H groups in total. The van der Waals surface area contributed by atoms with Gasteiger partial charge in [-0.25, -0.2) is 4.79 Å². The number of amidine groups is 1. The van der Waals surface area contributed by atoms with E-state index in [1.165, 1.54) is 0 Å². The molecule has 1 aromatic carbocycles. The van der Waals surface area contributed by atoms with Gasteiger partial charge >= 0.3 is 5.97 Å². The van der Waals surface area contributed by atoms with Gasteiger partial charge in [-0.2, -0.15) is 0 Å². The zero-order valence-corrected chi connectivity index (χ0v) is 13.4. The third-order valence-electron chi connectivity index (χ3n) is 2.90. The molecule has 0 unspecified atom stereocenters. The molecule has 1 heterocycles. The van der Waals surface area contributed by atoms with Gasteiger partial charge in [0.1, 0.15) is 0 Å². The van der Waals surface area contributed by atoms with Crippen molar-refractivity contribution >= 4 is 33.4 Å². The predicted octanol–water partition coefficient (Wildman–Crippen LogP) is 2.07. The molecular weight excluding hydrogens is 338 g/mol. The lowest BCUT2D eigenvalue weighted by Crippen LogP contribution is -2.45. The maximum atomic E-state index is 12.0. The minimum atomic E-state index is -0.427. The topological polar surface area (TPSA) is 63.2 Å². The Balaban J connectivity index is 2.11. The van der Waals surface area contributed by atoms with Crippen molar-refractivity contribution in [3.63, 3.8) is 0 Å². The van der Waals surface area contributed by atoms with Crippen molar-refractivity contribution in [3.05, 3.63) is 28.7 Å². The number of hydrogen-bond donors (Lipinski definition) is 1. The van der Waals surface area contributed by atoms with Gasteiger partial charge in [-0.15, -0.1) is 5.10 Å². The summed E-state index contributed by atoms with van der Waals surface area (Å²) in [5.41, 5.74) is 3.69. The van der Waals surface area contributed by atoms with Crippen LogP contribution in [0.25, 0.3) is 0 Å². The van der Waals surface area contributed by atoms with Crippen LogP contribution in [0, 0.1) is 0 Å². The summed E-state index contributed by atoms with van der Waals surface area (Å²) < 4.78 is 11.3. The van der Waals surface area contributed by atoms with Crippen molar-refractivity contribution in [1.29, 1.82) is 0 Å². The summed E-state index contributed by atoms with van der Waals surface area (Å²) in [5.74, 6) is -0.146. The third-order valence-corrected chi connectivity index (χ3v) is 3.43. The lowest BCUT2D eigenvalue weighted by Gasteiger charge is -2.28. The minimum absolute atomic E-state index is 0.281. The van der Waals surface area contributed by atoms with Gasteiger partial charge in [0.05, 0.1) is 25.5 Å². The number of ether oxygens (including phenoxy) is 2. The van der Waals surface area contributed by atoms with E-state index < -0.39 is 5.97 Å². The SMILES string of the molecule is CCOC(=O)C(=NNc1ccc(Br)cc1)N1CCOCC1. The fourth-order valence-electron chi connectivity index (χ4n) is 1.86. The van der Waals surface area contributed by atoms with Gasteiger partial charge < -0.3 is 14.4 Å². The van der Waals surface area contributed by atoms with Gasteiger partial charge in [-0.05, 0) is 31.2 Å². The number of carbonyl (C=O) groups excluding carboxylic acids is 1. The molecule has 2 rings (SSSR count). The largest absolute Gasteiger partial charge is 0.460 e. The summed E-state index contributed by atoms with van der Waals surface area (Å²) in [7, 11) is 0. The number of halogens is 1. The Kier molecular flexibility index (Phi) is 6.01. The van der Waals surface area contributed by atoms with Crippen LogP contribution < -0.4 is 5.43 Å².